The zero-order chi connectivity index (χ0) is 13.7. The van der Waals surface area contributed by atoms with Crippen LogP contribution in [0.4, 0.5) is 0 Å². The molecule has 5 heteroatoms. The van der Waals surface area contributed by atoms with Crippen LogP contribution in [0.2, 0.25) is 0 Å². The van der Waals surface area contributed by atoms with E-state index < -0.39 is 0 Å². The van der Waals surface area contributed by atoms with Crippen molar-refractivity contribution in [3.8, 4) is 0 Å². The molecular formula is C14H12BrN3O. The molecule has 1 N–H and O–H groups in total. The first kappa shape index (κ1) is 13.4. The van der Waals surface area contributed by atoms with E-state index in [1.807, 2.05) is 31.2 Å². The number of hydrogen-bond acceptors (Lipinski definition) is 3. The number of aromatic nitrogens is 1. The monoisotopic (exact) mass is 317 g/mol. The van der Waals surface area contributed by atoms with Crippen molar-refractivity contribution < 1.29 is 4.79 Å². The molecule has 0 atom stereocenters. The number of carbonyl (C=O) groups excluding carboxylic acids is 1. The van der Waals surface area contributed by atoms with Crippen molar-refractivity contribution >= 4 is 28.1 Å². The third-order valence-corrected chi connectivity index (χ3v) is 2.96. The number of carbonyl (C=O) groups is 1. The molecule has 0 bridgehead atoms. The van der Waals surface area contributed by atoms with Crippen LogP contribution in [0.1, 0.15) is 21.5 Å². The van der Waals surface area contributed by atoms with Crippen LogP contribution in [0, 0.1) is 6.92 Å². The molecule has 0 radical (unpaired) electrons. The highest BCUT2D eigenvalue weighted by atomic mass is 79.9. The van der Waals surface area contributed by atoms with Gasteiger partial charge < -0.3 is 0 Å². The topological polar surface area (TPSA) is 54.4 Å². The van der Waals surface area contributed by atoms with Gasteiger partial charge in [0, 0.05) is 16.9 Å². The number of aryl methyl sites for hydroxylation is 1. The third-order valence-electron chi connectivity index (χ3n) is 2.53. The van der Waals surface area contributed by atoms with Crippen molar-refractivity contribution in [2.75, 3.05) is 0 Å². The van der Waals surface area contributed by atoms with E-state index in [2.05, 4.69) is 31.4 Å². The van der Waals surface area contributed by atoms with Crippen molar-refractivity contribution in [1.82, 2.24) is 10.4 Å². The van der Waals surface area contributed by atoms with Crippen LogP contribution in [0.25, 0.3) is 0 Å². The lowest BCUT2D eigenvalue weighted by Crippen LogP contribution is -2.17. The van der Waals surface area contributed by atoms with E-state index in [4.69, 9.17) is 0 Å². The Morgan fingerprint density at radius 1 is 1.37 bits per heavy atom. The van der Waals surface area contributed by atoms with Crippen molar-refractivity contribution in [3.63, 3.8) is 0 Å². The molecule has 1 heterocycles. The Morgan fingerprint density at radius 3 is 2.89 bits per heavy atom. The largest absolute Gasteiger partial charge is 0.272 e. The van der Waals surface area contributed by atoms with Gasteiger partial charge in [0.15, 0.2) is 0 Å². The smallest absolute Gasteiger partial charge is 0.267 e. The number of nitrogens with zero attached hydrogens (tertiary/aromatic N) is 2. The predicted molar refractivity (Wildman–Crippen MR) is 78.2 cm³/mol. The SMILES string of the molecule is Cc1ccccc1/C=N/NC(=O)c1cncc(Br)c1. The highest BCUT2D eigenvalue weighted by Crippen LogP contribution is 2.09. The third kappa shape index (κ3) is 3.72. The van der Waals surface area contributed by atoms with Gasteiger partial charge in [-0.3, -0.25) is 9.78 Å². The molecule has 1 amide bonds. The molecule has 19 heavy (non-hydrogen) atoms. The molecule has 2 aromatic rings. The van der Waals surface area contributed by atoms with Gasteiger partial charge in [0.05, 0.1) is 11.8 Å². The Labute approximate surface area is 119 Å². The minimum atomic E-state index is -0.293. The molecule has 0 aliphatic carbocycles. The molecule has 1 aromatic carbocycles. The van der Waals surface area contributed by atoms with Crippen LogP contribution < -0.4 is 5.43 Å². The van der Waals surface area contributed by atoms with Crippen LogP contribution >= 0.6 is 15.9 Å². The van der Waals surface area contributed by atoms with E-state index in [-0.39, 0.29) is 5.91 Å². The second kappa shape index (κ2) is 6.24. The quantitative estimate of drug-likeness (QED) is 0.699. The fraction of sp³-hybridized carbons (Fsp3) is 0.0714. The molecule has 1 aromatic heterocycles. The summed E-state index contributed by atoms with van der Waals surface area (Å²) in [6.45, 7) is 1.99. The van der Waals surface area contributed by atoms with Crippen molar-refractivity contribution in [2.45, 2.75) is 6.92 Å². The molecule has 4 nitrogen and oxygen atoms in total. The van der Waals surface area contributed by atoms with Gasteiger partial charge in [0.25, 0.3) is 5.91 Å². The number of rotatable bonds is 3. The van der Waals surface area contributed by atoms with Gasteiger partial charge >= 0.3 is 0 Å². The van der Waals surface area contributed by atoms with E-state index in [1.165, 1.54) is 6.20 Å². The van der Waals surface area contributed by atoms with E-state index in [9.17, 15) is 4.79 Å². The van der Waals surface area contributed by atoms with Gasteiger partial charge in [-0.2, -0.15) is 5.10 Å². The predicted octanol–water partition coefficient (Wildman–Crippen LogP) is 2.92. The van der Waals surface area contributed by atoms with Gasteiger partial charge in [0.2, 0.25) is 0 Å². The molecule has 0 saturated heterocycles. The number of nitrogens with one attached hydrogen (secondary N) is 1. The summed E-state index contributed by atoms with van der Waals surface area (Å²) in [6.07, 6.45) is 4.73. The van der Waals surface area contributed by atoms with E-state index in [1.54, 1.807) is 18.5 Å². The maximum Gasteiger partial charge on any atom is 0.272 e. The first-order valence-electron chi connectivity index (χ1n) is 5.66. The number of pyridine rings is 1. The Balaban J connectivity index is 2.03. The average Bonchev–Trinajstić information content (AvgIpc) is 2.41. The lowest BCUT2D eigenvalue weighted by Gasteiger charge is -2.00. The summed E-state index contributed by atoms with van der Waals surface area (Å²) < 4.78 is 0.753. The summed E-state index contributed by atoms with van der Waals surface area (Å²) in [6, 6.07) is 9.49. The second-order valence-corrected chi connectivity index (χ2v) is 4.86. The molecular weight excluding hydrogens is 306 g/mol. The van der Waals surface area contributed by atoms with Crippen molar-refractivity contribution in [1.29, 1.82) is 0 Å². The Morgan fingerprint density at radius 2 is 2.16 bits per heavy atom. The number of hydrogen-bond donors (Lipinski definition) is 1. The molecule has 2 rings (SSSR count). The molecule has 0 aliphatic heterocycles. The Kier molecular flexibility index (Phi) is 4.41. The molecule has 0 aliphatic rings. The van der Waals surface area contributed by atoms with Crippen LogP contribution in [0.5, 0.6) is 0 Å². The van der Waals surface area contributed by atoms with Crippen LogP contribution in [0.3, 0.4) is 0 Å². The number of hydrazone groups is 1. The normalized spacial score (nSPS) is 10.6. The number of amides is 1. The number of benzene rings is 1. The van der Waals surface area contributed by atoms with Gasteiger partial charge in [-0.25, -0.2) is 5.43 Å². The van der Waals surface area contributed by atoms with E-state index in [0.717, 1.165) is 15.6 Å². The first-order chi connectivity index (χ1) is 9.16. The van der Waals surface area contributed by atoms with E-state index >= 15 is 0 Å². The number of halogens is 1. The summed E-state index contributed by atoms with van der Waals surface area (Å²) >= 11 is 3.26. The molecule has 0 fully saturated rings. The molecule has 96 valence electrons. The highest BCUT2D eigenvalue weighted by Gasteiger charge is 2.04. The van der Waals surface area contributed by atoms with Crippen molar-refractivity contribution in [2.24, 2.45) is 5.10 Å². The van der Waals surface area contributed by atoms with Crippen LogP contribution in [-0.2, 0) is 0 Å². The summed E-state index contributed by atoms with van der Waals surface area (Å²) in [4.78, 5) is 15.7. The fourth-order valence-corrected chi connectivity index (χ4v) is 1.86. The summed E-state index contributed by atoms with van der Waals surface area (Å²) in [5.74, 6) is -0.293. The summed E-state index contributed by atoms with van der Waals surface area (Å²) in [7, 11) is 0. The zero-order valence-electron chi connectivity index (χ0n) is 10.3. The Hall–Kier alpha value is -2.01. The average molecular weight is 318 g/mol. The lowest BCUT2D eigenvalue weighted by atomic mass is 10.1. The lowest BCUT2D eigenvalue weighted by molar-refractivity contribution is 0.0954. The second-order valence-electron chi connectivity index (χ2n) is 3.95. The Bertz CT molecular complexity index is 626. The van der Waals surface area contributed by atoms with E-state index in [0.29, 0.717) is 5.56 Å². The maximum atomic E-state index is 11.8. The standard InChI is InChI=1S/C14H12BrN3O/c1-10-4-2-3-5-11(10)8-17-18-14(19)12-6-13(15)9-16-7-12/h2-9H,1H3,(H,18,19)/b17-8+. The van der Waals surface area contributed by atoms with Gasteiger partial charge in [-0.05, 0) is 40.0 Å². The molecule has 0 spiro atoms. The summed E-state index contributed by atoms with van der Waals surface area (Å²) in [5, 5.41) is 3.94. The fourth-order valence-electron chi connectivity index (χ4n) is 1.49. The maximum absolute atomic E-state index is 11.8. The van der Waals surface area contributed by atoms with Crippen molar-refractivity contribution in [3.05, 3.63) is 63.9 Å². The van der Waals surface area contributed by atoms with Crippen LogP contribution in [-0.4, -0.2) is 17.1 Å². The zero-order valence-corrected chi connectivity index (χ0v) is 11.9. The molecule has 0 saturated carbocycles. The van der Waals surface area contributed by atoms with Gasteiger partial charge in [-0.15, -0.1) is 0 Å². The van der Waals surface area contributed by atoms with Crippen LogP contribution in [0.15, 0.2) is 52.3 Å². The summed E-state index contributed by atoms with van der Waals surface area (Å²) in [5.41, 5.74) is 5.00. The minimum Gasteiger partial charge on any atom is -0.267 e. The first-order valence-corrected chi connectivity index (χ1v) is 6.46. The highest BCUT2D eigenvalue weighted by molar-refractivity contribution is 9.10. The van der Waals surface area contributed by atoms with Gasteiger partial charge in [0.1, 0.15) is 0 Å². The van der Waals surface area contributed by atoms with Gasteiger partial charge in [-0.1, -0.05) is 24.3 Å². The minimum absolute atomic E-state index is 0.293. The molecule has 0 unspecified atom stereocenters.